The Labute approximate surface area is 125 Å². The summed E-state index contributed by atoms with van der Waals surface area (Å²) >= 11 is 18.1. The molecule has 0 saturated heterocycles. The first-order chi connectivity index (χ1) is 9.06. The Bertz CT molecular complexity index is 618. The van der Waals surface area contributed by atoms with E-state index in [4.69, 9.17) is 34.8 Å². The van der Waals surface area contributed by atoms with Crippen molar-refractivity contribution in [1.82, 2.24) is 0 Å². The van der Waals surface area contributed by atoms with Crippen LogP contribution in [0, 0.1) is 0 Å². The van der Waals surface area contributed by atoms with Crippen LogP contribution < -0.4 is 5.11 Å². The maximum absolute atomic E-state index is 11.1. The number of hydrogen-bond donors (Lipinski definition) is 0. The Balaban J connectivity index is 2.76. The SMILES string of the molecule is O=C([O-])c1cccc(-c2c(Cl)cccc2Cl)c1CCl. The van der Waals surface area contributed by atoms with E-state index < -0.39 is 5.97 Å². The molecule has 0 spiro atoms. The van der Waals surface area contributed by atoms with Crippen molar-refractivity contribution < 1.29 is 9.90 Å². The largest absolute Gasteiger partial charge is 0.545 e. The van der Waals surface area contributed by atoms with E-state index in [9.17, 15) is 9.90 Å². The molecular formula is C14H8Cl3O2-. The number of hydrogen-bond acceptors (Lipinski definition) is 2. The monoisotopic (exact) mass is 313 g/mol. The van der Waals surface area contributed by atoms with Crippen LogP contribution in [-0.4, -0.2) is 5.97 Å². The van der Waals surface area contributed by atoms with Gasteiger partial charge in [0.1, 0.15) is 0 Å². The van der Waals surface area contributed by atoms with E-state index in [1.807, 2.05) is 0 Å². The van der Waals surface area contributed by atoms with Crippen LogP contribution in [-0.2, 0) is 5.88 Å². The van der Waals surface area contributed by atoms with Crippen LogP contribution in [0.25, 0.3) is 11.1 Å². The summed E-state index contributed by atoms with van der Waals surface area (Å²) in [6.45, 7) is 0. The molecule has 5 heteroatoms. The van der Waals surface area contributed by atoms with Crippen LogP contribution in [0.2, 0.25) is 10.0 Å². The van der Waals surface area contributed by atoms with Crippen molar-refractivity contribution in [2.24, 2.45) is 0 Å². The number of carboxylic acids is 1. The predicted octanol–water partition coefficient (Wildman–Crippen LogP) is 3.76. The summed E-state index contributed by atoms with van der Waals surface area (Å²) in [4.78, 5) is 11.1. The molecule has 19 heavy (non-hydrogen) atoms. The van der Waals surface area contributed by atoms with Gasteiger partial charge in [0.15, 0.2) is 0 Å². The second kappa shape index (κ2) is 5.83. The van der Waals surface area contributed by atoms with Gasteiger partial charge in [-0.2, -0.15) is 0 Å². The second-order valence-electron chi connectivity index (χ2n) is 3.85. The lowest BCUT2D eigenvalue weighted by molar-refractivity contribution is -0.255. The maximum Gasteiger partial charge on any atom is 0.0718 e. The molecule has 0 unspecified atom stereocenters. The summed E-state index contributed by atoms with van der Waals surface area (Å²) in [5.41, 5.74) is 1.67. The zero-order valence-electron chi connectivity index (χ0n) is 9.62. The molecule has 2 nitrogen and oxygen atoms in total. The Morgan fingerprint density at radius 2 is 1.63 bits per heavy atom. The lowest BCUT2D eigenvalue weighted by Crippen LogP contribution is -2.23. The minimum Gasteiger partial charge on any atom is -0.545 e. The standard InChI is InChI=1S/C14H9Cl3O2/c15-7-10-8(3-1-4-9(10)14(18)19)13-11(16)5-2-6-12(13)17/h1-6H,7H2,(H,18,19)/p-1. The molecule has 0 N–H and O–H groups in total. The first-order valence-electron chi connectivity index (χ1n) is 5.40. The molecule has 0 heterocycles. The van der Waals surface area contributed by atoms with Gasteiger partial charge in [0.05, 0.1) is 5.97 Å². The molecule has 0 saturated carbocycles. The smallest absolute Gasteiger partial charge is 0.0718 e. The van der Waals surface area contributed by atoms with E-state index in [0.717, 1.165) is 0 Å². The highest BCUT2D eigenvalue weighted by Crippen LogP contribution is 2.37. The van der Waals surface area contributed by atoms with Gasteiger partial charge in [-0.15, -0.1) is 11.6 Å². The van der Waals surface area contributed by atoms with E-state index in [1.165, 1.54) is 6.07 Å². The summed E-state index contributed by atoms with van der Waals surface area (Å²) in [5, 5.41) is 12.0. The highest BCUT2D eigenvalue weighted by atomic mass is 35.5. The molecule has 0 aromatic heterocycles. The highest BCUT2D eigenvalue weighted by Gasteiger charge is 2.15. The number of aromatic carboxylic acids is 1. The zero-order valence-corrected chi connectivity index (χ0v) is 11.9. The summed E-state index contributed by atoms with van der Waals surface area (Å²) in [6, 6.07) is 9.88. The minimum absolute atomic E-state index is 0.0288. The molecule has 98 valence electrons. The number of carbonyl (C=O) groups is 1. The molecule has 0 atom stereocenters. The van der Waals surface area contributed by atoms with Crippen molar-refractivity contribution in [3.8, 4) is 11.1 Å². The van der Waals surface area contributed by atoms with Gasteiger partial charge in [-0.1, -0.05) is 47.5 Å². The third-order valence-corrected chi connectivity index (χ3v) is 3.66. The van der Waals surface area contributed by atoms with Crippen LogP contribution >= 0.6 is 34.8 Å². The second-order valence-corrected chi connectivity index (χ2v) is 4.93. The van der Waals surface area contributed by atoms with E-state index in [-0.39, 0.29) is 11.4 Å². The molecule has 2 aromatic rings. The van der Waals surface area contributed by atoms with Crippen molar-refractivity contribution in [2.45, 2.75) is 5.88 Å². The molecule has 0 fully saturated rings. The third kappa shape index (κ3) is 2.71. The predicted molar refractivity (Wildman–Crippen MR) is 75.8 cm³/mol. The highest BCUT2D eigenvalue weighted by molar-refractivity contribution is 6.39. The number of alkyl halides is 1. The van der Waals surface area contributed by atoms with Crippen LogP contribution in [0.5, 0.6) is 0 Å². The van der Waals surface area contributed by atoms with Crippen molar-refractivity contribution in [3.63, 3.8) is 0 Å². The third-order valence-electron chi connectivity index (χ3n) is 2.76. The van der Waals surface area contributed by atoms with Crippen molar-refractivity contribution in [1.29, 1.82) is 0 Å². The summed E-state index contributed by atoms with van der Waals surface area (Å²) in [6.07, 6.45) is 0. The first-order valence-corrected chi connectivity index (χ1v) is 6.69. The van der Waals surface area contributed by atoms with E-state index >= 15 is 0 Å². The molecule has 0 aliphatic rings. The first kappa shape index (κ1) is 14.2. The van der Waals surface area contributed by atoms with Crippen LogP contribution in [0.4, 0.5) is 0 Å². The summed E-state index contributed by atoms with van der Waals surface area (Å²) in [7, 11) is 0. The van der Waals surface area contributed by atoms with Gasteiger partial charge >= 0.3 is 0 Å². The van der Waals surface area contributed by atoms with Gasteiger partial charge in [-0.05, 0) is 23.3 Å². The van der Waals surface area contributed by atoms with Crippen LogP contribution in [0.15, 0.2) is 36.4 Å². The lowest BCUT2D eigenvalue weighted by atomic mass is 9.96. The number of halogens is 3. The van der Waals surface area contributed by atoms with Crippen molar-refractivity contribution in [3.05, 3.63) is 57.6 Å². The molecule has 2 rings (SSSR count). The maximum atomic E-state index is 11.1. The van der Waals surface area contributed by atoms with Gasteiger partial charge in [0.25, 0.3) is 0 Å². The average Bonchev–Trinajstić information content (AvgIpc) is 2.38. The fourth-order valence-corrected chi connectivity index (χ4v) is 2.80. The fraction of sp³-hybridized carbons (Fsp3) is 0.0714. The minimum atomic E-state index is -1.28. The Morgan fingerprint density at radius 1 is 1.05 bits per heavy atom. The van der Waals surface area contributed by atoms with Crippen LogP contribution in [0.1, 0.15) is 15.9 Å². The average molecular weight is 315 g/mol. The zero-order chi connectivity index (χ0) is 14.0. The Kier molecular flexibility index (Phi) is 4.35. The number of rotatable bonds is 3. The van der Waals surface area contributed by atoms with Gasteiger partial charge in [-0.25, -0.2) is 0 Å². The van der Waals surface area contributed by atoms with E-state index in [2.05, 4.69) is 0 Å². The molecule has 0 radical (unpaired) electrons. The lowest BCUT2D eigenvalue weighted by Gasteiger charge is -2.15. The quantitative estimate of drug-likeness (QED) is 0.809. The molecule has 0 aliphatic heterocycles. The molecule has 0 bridgehead atoms. The molecule has 0 amide bonds. The normalized spacial score (nSPS) is 10.5. The van der Waals surface area contributed by atoms with Crippen molar-refractivity contribution in [2.75, 3.05) is 0 Å². The number of carbonyl (C=O) groups excluding carboxylic acids is 1. The molecule has 0 aliphatic carbocycles. The van der Waals surface area contributed by atoms with Crippen LogP contribution in [0.3, 0.4) is 0 Å². The van der Waals surface area contributed by atoms with E-state index in [1.54, 1.807) is 30.3 Å². The number of carboxylic acid groups (broad SMARTS) is 1. The topological polar surface area (TPSA) is 40.1 Å². The molecular weight excluding hydrogens is 307 g/mol. The fourth-order valence-electron chi connectivity index (χ4n) is 1.91. The summed E-state index contributed by atoms with van der Waals surface area (Å²) in [5.74, 6) is -1.25. The molecule has 2 aromatic carbocycles. The van der Waals surface area contributed by atoms with Crippen molar-refractivity contribution >= 4 is 40.8 Å². The Morgan fingerprint density at radius 3 is 2.16 bits per heavy atom. The van der Waals surface area contributed by atoms with Gasteiger partial charge < -0.3 is 9.90 Å². The van der Waals surface area contributed by atoms with Gasteiger partial charge in [0, 0.05) is 27.1 Å². The summed E-state index contributed by atoms with van der Waals surface area (Å²) < 4.78 is 0. The Hall–Kier alpha value is -1.22. The van der Waals surface area contributed by atoms with E-state index in [0.29, 0.717) is 26.7 Å². The van der Waals surface area contributed by atoms with Gasteiger partial charge in [-0.3, -0.25) is 0 Å². The van der Waals surface area contributed by atoms with Gasteiger partial charge in [0.2, 0.25) is 0 Å². The number of benzene rings is 2.